The molecule has 1 aromatic carbocycles. The van der Waals surface area contributed by atoms with Crippen LogP contribution < -0.4 is 5.32 Å². The number of nitrogens with one attached hydrogen (secondary N) is 1. The lowest BCUT2D eigenvalue weighted by Crippen LogP contribution is -2.32. The zero-order valence-corrected chi connectivity index (χ0v) is 11.3. The van der Waals surface area contributed by atoms with Gasteiger partial charge in [0.05, 0.1) is 6.20 Å². The highest BCUT2D eigenvalue weighted by Crippen LogP contribution is 2.06. The largest absolute Gasteiger partial charge is 0.308 e. The Morgan fingerprint density at radius 1 is 1.16 bits per heavy atom. The summed E-state index contributed by atoms with van der Waals surface area (Å²) < 4.78 is 13.0. The highest BCUT2D eigenvalue weighted by atomic mass is 35.5. The van der Waals surface area contributed by atoms with Gasteiger partial charge < -0.3 is 5.32 Å². The molecule has 1 heterocycles. The van der Waals surface area contributed by atoms with Gasteiger partial charge in [0, 0.05) is 24.7 Å². The Hall–Kier alpha value is -1.45. The molecule has 1 aromatic heterocycles. The summed E-state index contributed by atoms with van der Waals surface area (Å²) in [5.74, 6) is 0.197. The van der Waals surface area contributed by atoms with Crippen molar-refractivity contribution < 1.29 is 4.39 Å². The van der Waals surface area contributed by atoms with E-state index in [0.717, 1.165) is 12.0 Å². The molecule has 1 atom stereocenters. The maximum absolute atomic E-state index is 13.0. The summed E-state index contributed by atoms with van der Waals surface area (Å²) in [4.78, 5) is 3.82. The first kappa shape index (κ1) is 14.0. The van der Waals surface area contributed by atoms with Gasteiger partial charge in [0.1, 0.15) is 5.82 Å². The molecule has 0 aliphatic heterocycles. The predicted molar refractivity (Wildman–Crippen MR) is 75.7 cm³/mol. The van der Waals surface area contributed by atoms with E-state index in [4.69, 9.17) is 11.6 Å². The topological polar surface area (TPSA) is 24.9 Å². The molecule has 0 bridgehead atoms. The standard InChI is InChI=1S/C15H16ClFN2/c16-8-15(7-12-4-2-1-3-5-12)19-10-13-6-14(17)11-18-9-13/h1-6,9,11,15,19H,7-8,10H2. The average Bonchev–Trinajstić information content (AvgIpc) is 2.44. The van der Waals surface area contributed by atoms with Crippen molar-refractivity contribution in [2.24, 2.45) is 0 Å². The van der Waals surface area contributed by atoms with E-state index in [1.165, 1.54) is 17.8 Å². The molecule has 2 rings (SSSR count). The number of benzene rings is 1. The molecule has 0 saturated heterocycles. The van der Waals surface area contributed by atoms with E-state index >= 15 is 0 Å². The third-order valence-electron chi connectivity index (χ3n) is 2.87. The predicted octanol–water partition coefficient (Wildman–Crippen LogP) is 3.16. The zero-order valence-electron chi connectivity index (χ0n) is 10.5. The molecule has 19 heavy (non-hydrogen) atoms. The van der Waals surface area contributed by atoms with E-state index in [1.807, 2.05) is 18.2 Å². The van der Waals surface area contributed by atoms with Gasteiger partial charge >= 0.3 is 0 Å². The summed E-state index contributed by atoms with van der Waals surface area (Å²) in [6.45, 7) is 0.564. The number of aromatic nitrogens is 1. The van der Waals surface area contributed by atoms with E-state index in [2.05, 4.69) is 22.4 Å². The van der Waals surface area contributed by atoms with Crippen molar-refractivity contribution in [1.82, 2.24) is 10.3 Å². The second kappa shape index (κ2) is 7.22. The Labute approximate surface area is 117 Å². The second-order valence-corrected chi connectivity index (χ2v) is 4.74. The van der Waals surface area contributed by atoms with Crippen molar-refractivity contribution in [2.75, 3.05) is 5.88 Å². The molecule has 1 N–H and O–H groups in total. The molecule has 2 nitrogen and oxygen atoms in total. The van der Waals surface area contributed by atoms with Crippen LogP contribution in [0.1, 0.15) is 11.1 Å². The smallest absolute Gasteiger partial charge is 0.141 e. The average molecular weight is 279 g/mol. The lowest BCUT2D eigenvalue weighted by Gasteiger charge is -2.16. The van der Waals surface area contributed by atoms with Crippen LogP contribution in [0.25, 0.3) is 0 Å². The van der Waals surface area contributed by atoms with Crippen LogP contribution in [0.15, 0.2) is 48.8 Å². The Kier molecular flexibility index (Phi) is 5.31. The summed E-state index contributed by atoms with van der Waals surface area (Å²) in [7, 11) is 0. The molecule has 0 aliphatic rings. The summed E-state index contributed by atoms with van der Waals surface area (Å²) in [6.07, 6.45) is 3.71. The van der Waals surface area contributed by atoms with Crippen molar-refractivity contribution in [2.45, 2.75) is 19.0 Å². The third-order valence-corrected chi connectivity index (χ3v) is 3.24. The molecule has 0 aliphatic carbocycles. The van der Waals surface area contributed by atoms with Gasteiger partial charge in [0.25, 0.3) is 0 Å². The molecule has 4 heteroatoms. The highest BCUT2D eigenvalue weighted by molar-refractivity contribution is 6.18. The number of nitrogens with zero attached hydrogens (tertiary/aromatic N) is 1. The minimum Gasteiger partial charge on any atom is -0.308 e. The number of halogens is 2. The SMILES string of the molecule is Fc1cncc(CNC(CCl)Cc2ccccc2)c1. The van der Waals surface area contributed by atoms with Crippen molar-refractivity contribution in [3.63, 3.8) is 0 Å². The molecule has 2 aromatic rings. The fraction of sp³-hybridized carbons (Fsp3) is 0.267. The van der Waals surface area contributed by atoms with Crippen LogP contribution in [0.4, 0.5) is 4.39 Å². The van der Waals surface area contributed by atoms with Crippen molar-refractivity contribution in [3.05, 3.63) is 65.7 Å². The van der Waals surface area contributed by atoms with E-state index in [-0.39, 0.29) is 11.9 Å². The summed E-state index contributed by atoms with van der Waals surface area (Å²) in [6, 6.07) is 11.8. The van der Waals surface area contributed by atoms with Crippen LogP contribution in [0.2, 0.25) is 0 Å². The van der Waals surface area contributed by atoms with Gasteiger partial charge in [-0.05, 0) is 23.6 Å². The zero-order chi connectivity index (χ0) is 13.5. The first-order chi connectivity index (χ1) is 9.28. The fourth-order valence-electron chi connectivity index (χ4n) is 1.89. The van der Waals surface area contributed by atoms with Gasteiger partial charge in [-0.15, -0.1) is 11.6 Å². The summed E-state index contributed by atoms with van der Waals surface area (Å²) >= 11 is 5.96. The Balaban J connectivity index is 1.89. The van der Waals surface area contributed by atoms with Gasteiger partial charge in [-0.25, -0.2) is 4.39 Å². The number of hydrogen-bond donors (Lipinski definition) is 1. The van der Waals surface area contributed by atoms with Crippen LogP contribution >= 0.6 is 11.6 Å². The Morgan fingerprint density at radius 3 is 2.63 bits per heavy atom. The van der Waals surface area contributed by atoms with E-state index in [9.17, 15) is 4.39 Å². The molecule has 0 spiro atoms. The first-order valence-corrected chi connectivity index (χ1v) is 6.74. The molecule has 100 valence electrons. The molecular weight excluding hydrogens is 263 g/mol. The first-order valence-electron chi connectivity index (χ1n) is 6.20. The molecule has 0 fully saturated rings. The Bertz CT molecular complexity index is 505. The monoisotopic (exact) mass is 278 g/mol. The number of hydrogen-bond acceptors (Lipinski definition) is 2. The lowest BCUT2D eigenvalue weighted by atomic mass is 10.1. The van der Waals surface area contributed by atoms with Crippen LogP contribution in [-0.4, -0.2) is 16.9 Å². The molecule has 0 amide bonds. The maximum atomic E-state index is 13.0. The minimum absolute atomic E-state index is 0.160. The molecule has 0 radical (unpaired) electrons. The molecule has 1 unspecified atom stereocenters. The van der Waals surface area contributed by atoms with Crippen LogP contribution in [0, 0.1) is 5.82 Å². The van der Waals surface area contributed by atoms with Gasteiger partial charge in [0.2, 0.25) is 0 Å². The van der Waals surface area contributed by atoms with E-state index in [1.54, 1.807) is 6.20 Å². The van der Waals surface area contributed by atoms with E-state index < -0.39 is 0 Å². The quantitative estimate of drug-likeness (QED) is 0.821. The second-order valence-electron chi connectivity index (χ2n) is 4.43. The van der Waals surface area contributed by atoms with Gasteiger partial charge in [0.15, 0.2) is 0 Å². The molecule has 0 saturated carbocycles. The van der Waals surface area contributed by atoms with Crippen LogP contribution in [0.5, 0.6) is 0 Å². The normalized spacial score (nSPS) is 12.3. The van der Waals surface area contributed by atoms with Gasteiger partial charge in [-0.2, -0.15) is 0 Å². The minimum atomic E-state index is -0.315. The van der Waals surface area contributed by atoms with E-state index in [0.29, 0.717) is 12.4 Å². The highest BCUT2D eigenvalue weighted by Gasteiger charge is 2.08. The van der Waals surface area contributed by atoms with Crippen molar-refractivity contribution >= 4 is 11.6 Å². The number of alkyl halides is 1. The van der Waals surface area contributed by atoms with Gasteiger partial charge in [-0.1, -0.05) is 30.3 Å². The van der Waals surface area contributed by atoms with Crippen molar-refractivity contribution in [3.8, 4) is 0 Å². The number of pyridine rings is 1. The van der Waals surface area contributed by atoms with Crippen LogP contribution in [-0.2, 0) is 13.0 Å². The molecular formula is C15H16ClFN2. The van der Waals surface area contributed by atoms with Crippen LogP contribution in [0.3, 0.4) is 0 Å². The number of rotatable bonds is 6. The summed E-state index contributed by atoms with van der Waals surface area (Å²) in [5, 5.41) is 3.32. The maximum Gasteiger partial charge on any atom is 0.141 e. The van der Waals surface area contributed by atoms with Gasteiger partial charge in [-0.3, -0.25) is 4.98 Å². The summed E-state index contributed by atoms with van der Waals surface area (Å²) in [5.41, 5.74) is 2.06. The fourth-order valence-corrected chi connectivity index (χ4v) is 2.11. The lowest BCUT2D eigenvalue weighted by molar-refractivity contribution is 0.545. The van der Waals surface area contributed by atoms with Crippen molar-refractivity contribution in [1.29, 1.82) is 0 Å². The Morgan fingerprint density at radius 2 is 1.95 bits per heavy atom. The third kappa shape index (κ3) is 4.62.